The standard InChI is InChI=1S/C15H17N5O/c1-9-8-12(21)20-14(17-9)18-13(19-20)15(2,3)10-4-6-11(16)7-5-10/h4-8H,16H2,1-3H3,(H,17,18,19). The van der Waals surface area contributed by atoms with Crippen molar-refractivity contribution in [2.24, 2.45) is 0 Å². The van der Waals surface area contributed by atoms with Gasteiger partial charge in [0.25, 0.3) is 11.3 Å². The Hall–Kier alpha value is -2.63. The van der Waals surface area contributed by atoms with Crippen LogP contribution in [0.2, 0.25) is 0 Å². The molecule has 21 heavy (non-hydrogen) atoms. The normalized spacial score (nSPS) is 12.0. The maximum absolute atomic E-state index is 12.0. The molecule has 0 amide bonds. The van der Waals surface area contributed by atoms with E-state index in [1.807, 2.05) is 38.1 Å². The van der Waals surface area contributed by atoms with Crippen LogP contribution < -0.4 is 11.3 Å². The number of aromatic amines is 1. The Morgan fingerprint density at radius 1 is 1.19 bits per heavy atom. The minimum Gasteiger partial charge on any atom is -0.399 e. The van der Waals surface area contributed by atoms with Crippen molar-refractivity contribution in [1.29, 1.82) is 0 Å². The Labute approximate surface area is 121 Å². The van der Waals surface area contributed by atoms with E-state index in [4.69, 9.17) is 5.73 Å². The molecule has 3 aromatic rings. The zero-order valence-electron chi connectivity index (χ0n) is 12.2. The Balaban J connectivity index is 2.16. The lowest BCUT2D eigenvalue weighted by Gasteiger charge is -2.22. The highest BCUT2D eigenvalue weighted by Crippen LogP contribution is 2.29. The number of benzene rings is 1. The maximum Gasteiger partial charge on any atom is 0.274 e. The highest BCUT2D eigenvalue weighted by atomic mass is 16.1. The van der Waals surface area contributed by atoms with E-state index in [9.17, 15) is 4.79 Å². The molecule has 0 aliphatic rings. The van der Waals surface area contributed by atoms with Crippen molar-refractivity contribution in [3.8, 4) is 0 Å². The molecule has 0 saturated carbocycles. The number of rotatable bonds is 2. The Bertz CT molecular complexity index is 858. The summed E-state index contributed by atoms with van der Waals surface area (Å²) in [5.74, 6) is 1.07. The van der Waals surface area contributed by atoms with Gasteiger partial charge in [-0.1, -0.05) is 12.1 Å². The number of fused-ring (bicyclic) bond motifs is 1. The maximum atomic E-state index is 12.0. The van der Waals surface area contributed by atoms with E-state index >= 15 is 0 Å². The first-order valence-corrected chi connectivity index (χ1v) is 6.71. The number of nitrogens with zero attached hydrogens (tertiary/aromatic N) is 3. The van der Waals surface area contributed by atoms with E-state index in [2.05, 4.69) is 15.1 Å². The number of hydrogen-bond donors (Lipinski definition) is 2. The van der Waals surface area contributed by atoms with Crippen LogP contribution in [0.3, 0.4) is 0 Å². The summed E-state index contributed by atoms with van der Waals surface area (Å²) in [6.45, 7) is 5.85. The molecule has 108 valence electrons. The SMILES string of the molecule is Cc1cc(=O)n2[nH]c(C(C)(C)c3ccc(N)cc3)nc2n1. The van der Waals surface area contributed by atoms with Gasteiger partial charge in [0.2, 0.25) is 0 Å². The molecule has 6 heteroatoms. The van der Waals surface area contributed by atoms with Crippen LogP contribution in [0.5, 0.6) is 0 Å². The number of hydrogen-bond acceptors (Lipinski definition) is 4. The largest absolute Gasteiger partial charge is 0.399 e. The van der Waals surface area contributed by atoms with Gasteiger partial charge >= 0.3 is 0 Å². The molecular weight excluding hydrogens is 266 g/mol. The summed E-state index contributed by atoms with van der Waals surface area (Å²) in [6.07, 6.45) is 0. The molecule has 0 atom stereocenters. The van der Waals surface area contributed by atoms with Crippen molar-refractivity contribution in [1.82, 2.24) is 19.6 Å². The average Bonchev–Trinajstić information content (AvgIpc) is 2.84. The van der Waals surface area contributed by atoms with Crippen LogP contribution in [0.25, 0.3) is 5.78 Å². The van der Waals surface area contributed by atoms with Crippen LogP contribution in [0.15, 0.2) is 35.1 Å². The molecule has 0 unspecified atom stereocenters. The van der Waals surface area contributed by atoms with E-state index in [1.165, 1.54) is 10.6 Å². The molecule has 3 N–H and O–H groups in total. The number of nitrogens with one attached hydrogen (secondary N) is 1. The first-order valence-electron chi connectivity index (χ1n) is 6.71. The van der Waals surface area contributed by atoms with Crippen LogP contribution in [0, 0.1) is 6.92 Å². The molecule has 3 rings (SSSR count). The van der Waals surface area contributed by atoms with Crippen molar-refractivity contribution >= 4 is 11.5 Å². The molecule has 0 saturated heterocycles. The summed E-state index contributed by atoms with van der Waals surface area (Å²) >= 11 is 0. The average molecular weight is 283 g/mol. The van der Waals surface area contributed by atoms with Gasteiger partial charge in [-0.2, -0.15) is 9.50 Å². The van der Waals surface area contributed by atoms with E-state index < -0.39 is 0 Å². The molecule has 0 spiro atoms. The molecule has 0 radical (unpaired) electrons. The summed E-state index contributed by atoms with van der Waals surface area (Å²) < 4.78 is 1.36. The molecule has 0 aliphatic heterocycles. The first kappa shape index (κ1) is 13.4. The molecular formula is C15H17N5O. The number of anilines is 1. The lowest BCUT2D eigenvalue weighted by atomic mass is 9.84. The van der Waals surface area contributed by atoms with Crippen LogP contribution in [0.4, 0.5) is 5.69 Å². The molecule has 0 bridgehead atoms. The zero-order valence-corrected chi connectivity index (χ0v) is 12.2. The van der Waals surface area contributed by atoms with Crippen molar-refractivity contribution in [3.05, 3.63) is 57.8 Å². The quantitative estimate of drug-likeness (QED) is 0.700. The van der Waals surface area contributed by atoms with Crippen molar-refractivity contribution in [3.63, 3.8) is 0 Å². The minimum absolute atomic E-state index is 0.163. The topological polar surface area (TPSA) is 89.1 Å². The lowest BCUT2D eigenvalue weighted by Crippen LogP contribution is -2.22. The van der Waals surface area contributed by atoms with Crippen molar-refractivity contribution < 1.29 is 0 Å². The van der Waals surface area contributed by atoms with Gasteiger partial charge in [0.15, 0.2) is 0 Å². The van der Waals surface area contributed by atoms with E-state index in [-0.39, 0.29) is 11.0 Å². The molecule has 2 heterocycles. The summed E-state index contributed by atoms with van der Waals surface area (Å²) in [5, 5.41) is 3.04. The van der Waals surface area contributed by atoms with E-state index in [0.29, 0.717) is 23.0 Å². The lowest BCUT2D eigenvalue weighted by molar-refractivity contribution is 0.588. The predicted octanol–water partition coefficient (Wildman–Crippen LogP) is 1.63. The third-order valence-corrected chi connectivity index (χ3v) is 3.68. The third-order valence-electron chi connectivity index (χ3n) is 3.68. The van der Waals surface area contributed by atoms with E-state index in [0.717, 1.165) is 5.56 Å². The molecule has 0 aliphatic carbocycles. The predicted molar refractivity (Wildman–Crippen MR) is 81.3 cm³/mol. The van der Waals surface area contributed by atoms with Crippen molar-refractivity contribution in [2.45, 2.75) is 26.2 Å². The molecule has 1 aromatic carbocycles. The van der Waals surface area contributed by atoms with Crippen LogP contribution in [0.1, 0.15) is 30.9 Å². The fraction of sp³-hybridized carbons (Fsp3) is 0.267. The Kier molecular flexibility index (Phi) is 2.83. The first-order chi connectivity index (χ1) is 9.88. The van der Waals surface area contributed by atoms with Gasteiger partial charge in [0.1, 0.15) is 5.82 Å². The van der Waals surface area contributed by atoms with Crippen LogP contribution in [-0.4, -0.2) is 19.6 Å². The van der Waals surface area contributed by atoms with Gasteiger partial charge in [-0.3, -0.25) is 9.89 Å². The summed E-state index contributed by atoms with van der Waals surface area (Å²) in [7, 11) is 0. The molecule has 2 aromatic heterocycles. The second kappa shape index (κ2) is 4.44. The van der Waals surface area contributed by atoms with Crippen molar-refractivity contribution in [2.75, 3.05) is 5.73 Å². The number of aryl methyl sites for hydroxylation is 1. The number of nitrogen functional groups attached to an aromatic ring is 1. The number of aromatic nitrogens is 4. The van der Waals surface area contributed by atoms with Gasteiger partial charge in [0.05, 0.1) is 0 Å². The molecule has 0 fully saturated rings. The Morgan fingerprint density at radius 2 is 1.86 bits per heavy atom. The summed E-state index contributed by atoms with van der Waals surface area (Å²) in [5.41, 5.74) is 7.61. The van der Waals surface area contributed by atoms with Gasteiger partial charge in [0, 0.05) is 22.9 Å². The monoisotopic (exact) mass is 283 g/mol. The number of nitrogens with two attached hydrogens (primary N) is 1. The highest BCUT2D eigenvalue weighted by Gasteiger charge is 2.27. The van der Waals surface area contributed by atoms with Crippen LogP contribution >= 0.6 is 0 Å². The third kappa shape index (κ3) is 2.18. The Morgan fingerprint density at radius 3 is 2.52 bits per heavy atom. The fourth-order valence-electron chi connectivity index (χ4n) is 2.31. The smallest absolute Gasteiger partial charge is 0.274 e. The van der Waals surface area contributed by atoms with E-state index in [1.54, 1.807) is 6.92 Å². The van der Waals surface area contributed by atoms with Gasteiger partial charge in [-0.05, 0) is 38.5 Å². The second-order valence-electron chi connectivity index (χ2n) is 5.69. The second-order valence-corrected chi connectivity index (χ2v) is 5.69. The molecule has 6 nitrogen and oxygen atoms in total. The highest BCUT2D eigenvalue weighted by molar-refractivity contribution is 5.43. The fourth-order valence-corrected chi connectivity index (χ4v) is 2.31. The summed E-state index contributed by atoms with van der Waals surface area (Å²) in [4.78, 5) is 20.7. The minimum atomic E-state index is -0.387. The van der Waals surface area contributed by atoms with Crippen LogP contribution in [-0.2, 0) is 5.41 Å². The number of H-pyrrole nitrogens is 1. The van der Waals surface area contributed by atoms with Gasteiger partial charge in [-0.15, -0.1) is 0 Å². The van der Waals surface area contributed by atoms with Gasteiger partial charge < -0.3 is 5.73 Å². The van der Waals surface area contributed by atoms with Gasteiger partial charge in [-0.25, -0.2) is 4.98 Å². The zero-order chi connectivity index (χ0) is 15.2. The summed E-state index contributed by atoms with van der Waals surface area (Å²) in [6, 6.07) is 9.11.